The summed E-state index contributed by atoms with van der Waals surface area (Å²) in [6.45, 7) is 0. The van der Waals surface area contributed by atoms with Gasteiger partial charge in [0.1, 0.15) is 0 Å². The van der Waals surface area contributed by atoms with E-state index in [-0.39, 0.29) is 0 Å². The minimum atomic E-state index is 0.416. The Bertz CT molecular complexity index is 347. The maximum Gasteiger partial charge on any atom is 0.163 e. The summed E-state index contributed by atoms with van der Waals surface area (Å²) in [5.41, 5.74) is 0.518. The van der Waals surface area contributed by atoms with Crippen LogP contribution in [-0.4, -0.2) is 10.1 Å². The molecule has 3 nitrogen and oxygen atoms in total. The number of aliphatic imine (C=N–C) groups is 1. The average molecular weight is 161 g/mol. The van der Waals surface area contributed by atoms with Crippen LogP contribution in [0.15, 0.2) is 23.3 Å². The first-order valence-corrected chi connectivity index (χ1v) is 3.21. The summed E-state index contributed by atoms with van der Waals surface area (Å²) in [7, 11) is 0. The second kappa shape index (κ2) is 3.57. The van der Waals surface area contributed by atoms with Crippen molar-refractivity contribution in [2.45, 2.75) is 0 Å². The third kappa shape index (κ3) is 1.94. The van der Waals surface area contributed by atoms with Gasteiger partial charge in [-0.05, 0) is 18.3 Å². The fourth-order valence-corrected chi connectivity index (χ4v) is 0.689. The summed E-state index contributed by atoms with van der Waals surface area (Å²) in [4.78, 5) is 7.45. The second-order valence-corrected chi connectivity index (χ2v) is 1.90. The minimum absolute atomic E-state index is 0.416. The van der Waals surface area contributed by atoms with Crippen molar-refractivity contribution in [1.82, 2.24) is 4.98 Å². The molecule has 0 bridgehead atoms. The summed E-state index contributed by atoms with van der Waals surface area (Å²) >= 11 is 4.37. The van der Waals surface area contributed by atoms with Gasteiger partial charge < -0.3 is 0 Å². The summed E-state index contributed by atoms with van der Waals surface area (Å²) < 4.78 is 0. The highest BCUT2D eigenvalue weighted by atomic mass is 32.1. The molecule has 0 aliphatic heterocycles. The highest BCUT2D eigenvalue weighted by molar-refractivity contribution is 7.78. The average Bonchev–Trinajstić information content (AvgIpc) is 2.06. The highest BCUT2D eigenvalue weighted by Gasteiger charge is 1.91. The van der Waals surface area contributed by atoms with E-state index in [0.717, 1.165) is 0 Å². The molecule has 52 valence electrons. The Morgan fingerprint density at radius 2 is 2.45 bits per heavy atom. The van der Waals surface area contributed by atoms with Gasteiger partial charge >= 0.3 is 0 Å². The van der Waals surface area contributed by atoms with E-state index in [1.165, 1.54) is 6.20 Å². The SMILES string of the molecule is N#Cc1ccnc(N=C=S)c1. The Morgan fingerprint density at radius 1 is 1.64 bits per heavy atom. The van der Waals surface area contributed by atoms with Crippen LogP contribution < -0.4 is 0 Å². The van der Waals surface area contributed by atoms with Crippen molar-refractivity contribution < 1.29 is 0 Å². The van der Waals surface area contributed by atoms with E-state index in [2.05, 4.69) is 27.4 Å². The molecular weight excluding hydrogens is 158 g/mol. The number of rotatable bonds is 1. The molecule has 1 heterocycles. The predicted octanol–water partition coefficient (Wildman–Crippen LogP) is 1.69. The highest BCUT2D eigenvalue weighted by Crippen LogP contribution is 2.07. The third-order valence-electron chi connectivity index (χ3n) is 1.03. The molecule has 0 aliphatic carbocycles. The quantitative estimate of drug-likeness (QED) is 0.465. The molecule has 0 N–H and O–H groups in total. The molecule has 0 saturated heterocycles. The van der Waals surface area contributed by atoms with Crippen molar-refractivity contribution >= 4 is 23.2 Å². The number of thiocarbonyl (C=S) groups is 1. The van der Waals surface area contributed by atoms with E-state index in [0.29, 0.717) is 11.4 Å². The van der Waals surface area contributed by atoms with Crippen LogP contribution >= 0.6 is 12.2 Å². The number of aromatic nitrogens is 1. The van der Waals surface area contributed by atoms with Gasteiger partial charge in [-0.1, -0.05) is 0 Å². The van der Waals surface area contributed by atoms with E-state index in [9.17, 15) is 0 Å². The van der Waals surface area contributed by atoms with Crippen molar-refractivity contribution in [2.75, 3.05) is 0 Å². The Morgan fingerprint density at radius 3 is 3.09 bits per heavy atom. The van der Waals surface area contributed by atoms with E-state index >= 15 is 0 Å². The number of pyridine rings is 1. The first-order valence-electron chi connectivity index (χ1n) is 2.81. The van der Waals surface area contributed by atoms with Gasteiger partial charge in [0.15, 0.2) is 5.82 Å². The third-order valence-corrected chi connectivity index (χ3v) is 1.13. The number of hydrogen-bond acceptors (Lipinski definition) is 4. The van der Waals surface area contributed by atoms with Gasteiger partial charge in [-0.2, -0.15) is 10.3 Å². The molecule has 0 aliphatic rings. The van der Waals surface area contributed by atoms with Crippen molar-refractivity contribution in [2.24, 2.45) is 4.99 Å². The minimum Gasteiger partial charge on any atom is -0.236 e. The fourth-order valence-electron chi connectivity index (χ4n) is 0.596. The predicted molar refractivity (Wildman–Crippen MR) is 43.6 cm³/mol. The van der Waals surface area contributed by atoms with Gasteiger partial charge in [-0.25, -0.2) is 4.98 Å². The Kier molecular flexibility index (Phi) is 2.45. The van der Waals surface area contributed by atoms with Crippen LogP contribution in [0.2, 0.25) is 0 Å². The molecule has 0 radical (unpaired) electrons. The molecule has 4 heteroatoms. The van der Waals surface area contributed by atoms with Crippen LogP contribution in [0.25, 0.3) is 0 Å². The van der Waals surface area contributed by atoms with Gasteiger partial charge in [-0.3, -0.25) is 0 Å². The second-order valence-electron chi connectivity index (χ2n) is 1.72. The Balaban J connectivity index is 3.12. The number of nitrogens with zero attached hydrogens (tertiary/aromatic N) is 3. The molecule has 0 saturated carbocycles. The molecule has 0 atom stereocenters. The normalized spacial score (nSPS) is 7.91. The largest absolute Gasteiger partial charge is 0.236 e. The van der Waals surface area contributed by atoms with Gasteiger partial charge in [0.2, 0.25) is 0 Å². The molecule has 0 aromatic carbocycles. The van der Waals surface area contributed by atoms with Crippen molar-refractivity contribution in [3.63, 3.8) is 0 Å². The first-order chi connectivity index (χ1) is 5.36. The van der Waals surface area contributed by atoms with Gasteiger partial charge in [0.25, 0.3) is 0 Å². The topological polar surface area (TPSA) is 49.0 Å². The van der Waals surface area contributed by atoms with Crippen LogP contribution in [0.5, 0.6) is 0 Å². The molecule has 0 unspecified atom stereocenters. The smallest absolute Gasteiger partial charge is 0.163 e. The van der Waals surface area contributed by atoms with E-state index < -0.39 is 0 Å². The molecule has 11 heavy (non-hydrogen) atoms. The zero-order chi connectivity index (χ0) is 8.10. The standard InChI is InChI=1S/C7H3N3S/c8-4-6-1-2-9-7(3-6)10-5-11/h1-3H. The van der Waals surface area contributed by atoms with Crippen molar-refractivity contribution in [3.05, 3.63) is 23.9 Å². The summed E-state index contributed by atoms with van der Waals surface area (Å²) in [5, 5.41) is 10.6. The molecule has 1 aromatic heterocycles. The van der Waals surface area contributed by atoms with Gasteiger partial charge in [-0.15, -0.1) is 0 Å². The fraction of sp³-hybridized carbons (Fsp3) is 0. The molecule has 0 spiro atoms. The zero-order valence-electron chi connectivity index (χ0n) is 5.48. The lowest BCUT2D eigenvalue weighted by Gasteiger charge is -1.88. The monoisotopic (exact) mass is 161 g/mol. The zero-order valence-corrected chi connectivity index (χ0v) is 6.30. The Labute approximate surface area is 69.0 Å². The molecule has 0 fully saturated rings. The molecular formula is C7H3N3S. The van der Waals surface area contributed by atoms with Crippen LogP contribution in [0.3, 0.4) is 0 Å². The van der Waals surface area contributed by atoms with Crippen molar-refractivity contribution in [1.29, 1.82) is 5.26 Å². The molecule has 0 amide bonds. The van der Waals surface area contributed by atoms with Gasteiger partial charge in [0.05, 0.1) is 16.8 Å². The first kappa shape index (κ1) is 7.55. The van der Waals surface area contributed by atoms with E-state index in [1.807, 2.05) is 6.07 Å². The van der Waals surface area contributed by atoms with Crippen LogP contribution in [-0.2, 0) is 0 Å². The summed E-state index contributed by atoms with van der Waals surface area (Å²) in [6.07, 6.45) is 1.50. The maximum absolute atomic E-state index is 8.46. The van der Waals surface area contributed by atoms with Crippen LogP contribution in [0.1, 0.15) is 5.56 Å². The number of isothiocyanates is 1. The lowest BCUT2D eigenvalue weighted by atomic mass is 10.3. The van der Waals surface area contributed by atoms with E-state index in [1.54, 1.807) is 12.1 Å². The van der Waals surface area contributed by atoms with E-state index in [4.69, 9.17) is 5.26 Å². The molecule has 1 rings (SSSR count). The maximum atomic E-state index is 8.46. The Hall–Kier alpha value is -1.56. The molecule has 1 aromatic rings. The summed E-state index contributed by atoms with van der Waals surface area (Å²) in [6, 6.07) is 5.10. The summed E-state index contributed by atoms with van der Waals surface area (Å²) in [5.74, 6) is 0.416. The van der Waals surface area contributed by atoms with Crippen molar-refractivity contribution in [3.8, 4) is 6.07 Å². The lowest BCUT2D eigenvalue weighted by Crippen LogP contribution is -1.75. The number of nitriles is 1. The van der Waals surface area contributed by atoms with Gasteiger partial charge in [0, 0.05) is 12.3 Å². The van der Waals surface area contributed by atoms with Crippen LogP contribution in [0, 0.1) is 11.3 Å². The lowest BCUT2D eigenvalue weighted by molar-refractivity contribution is 1.27. The van der Waals surface area contributed by atoms with Crippen LogP contribution in [0.4, 0.5) is 5.82 Å². The number of hydrogen-bond donors (Lipinski definition) is 0.